The van der Waals surface area contributed by atoms with E-state index in [-0.39, 0.29) is 34.6 Å². The van der Waals surface area contributed by atoms with Gasteiger partial charge in [-0.3, -0.25) is 0 Å². The summed E-state index contributed by atoms with van der Waals surface area (Å²) in [6, 6.07) is 0. The smallest absolute Gasteiger partial charge is 0.00506 e. The van der Waals surface area contributed by atoms with Crippen LogP contribution in [0, 0.1) is 26.4 Å². The van der Waals surface area contributed by atoms with Crippen LogP contribution in [0.25, 0.3) is 0 Å². The Morgan fingerprint density at radius 3 is 0.923 bits per heavy atom. The second kappa shape index (κ2) is 60.3. The van der Waals surface area contributed by atoms with Gasteiger partial charge < -0.3 is 13.5 Å². The molecule has 0 aromatic carbocycles. The van der Waals surface area contributed by atoms with Crippen LogP contribution < -0.4 is 0 Å². The van der Waals surface area contributed by atoms with E-state index in [2.05, 4.69) is 20.0 Å². The zero-order valence-electron chi connectivity index (χ0n) is 6.47. The van der Waals surface area contributed by atoms with Gasteiger partial charge >= 0.3 is 33.9 Å². The average molecular weight is 366 g/mol. The van der Waals surface area contributed by atoms with Crippen molar-refractivity contribution in [2.45, 2.75) is 0 Å². The van der Waals surface area contributed by atoms with Crippen molar-refractivity contribution < 1.29 is 35.0 Å². The zero-order chi connectivity index (χ0) is 9.54. The Labute approximate surface area is 99.1 Å². The van der Waals surface area contributed by atoms with Crippen molar-refractivity contribution >= 4 is 13.5 Å². The Morgan fingerprint density at radius 2 is 0.846 bits per heavy atom. The molecule has 0 aromatic heterocycles. The molecule has 1 aliphatic rings. The van der Waals surface area contributed by atoms with Crippen LogP contribution in [0.1, 0.15) is 0 Å². The normalized spacial score (nSPS) is 7.23. The Morgan fingerprint density at radius 1 is 0.615 bits per heavy atom. The van der Waals surface area contributed by atoms with Crippen LogP contribution in [0.15, 0.2) is 24.3 Å². The van der Waals surface area contributed by atoms with E-state index < -0.39 is 0 Å². The van der Waals surface area contributed by atoms with Crippen molar-refractivity contribution in [3.8, 4) is 0 Å². The number of hydrogen-bond acceptors (Lipinski definition) is 1. The monoisotopic (exact) mass is 366 g/mol. The first kappa shape index (κ1) is 29.3. The molecular weight excluding hydrogens is 360 g/mol. The van der Waals surface area contributed by atoms with E-state index in [0.29, 0.717) is 0 Å². The third-order valence-corrected chi connectivity index (χ3v) is 0.556. The molecule has 0 N–H and O–H groups in total. The Hall–Kier alpha value is -0.262. The summed E-state index contributed by atoms with van der Waals surface area (Å²) in [6.45, 7) is 13.5. The SMILES string of the molecule is [C-]#[O+].[C-]#[O+].[C-]#[O+].[CH]1C=CC=C1.[SH-].[W]. The van der Waals surface area contributed by atoms with Crippen LogP contribution in [0.4, 0.5) is 0 Å². The van der Waals surface area contributed by atoms with Crippen LogP contribution in [0.5, 0.6) is 0 Å². The molecule has 1 aliphatic carbocycles. The number of rotatable bonds is 0. The molecule has 5 heteroatoms. The molecule has 3 nitrogen and oxygen atoms in total. The van der Waals surface area contributed by atoms with Crippen molar-refractivity contribution in [2.24, 2.45) is 0 Å². The van der Waals surface area contributed by atoms with Crippen molar-refractivity contribution in [3.05, 3.63) is 50.7 Å². The van der Waals surface area contributed by atoms with Crippen molar-refractivity contribution in [3.63, 3.8) is 0 Å². The summed E-state index contributed by atoms with van der Waals surface area (Å²) in [4.78, 5) is 0. The molecule has 0 aromatic rings. The molecule has 0 unspecified atom stereocenters. The number of hydrogen-bond donors (Lipinski definition) is 0. The van der Waals surface area contributed by atoms with E-state index in [9.17, 15) is 0 Å². The minimum atomic E-state index is 0. The Kier molecular flexibility index (Phi) is 136. The molecular formula is C8H6O3SW-. The molecule has 1 radical (unpaired) electrons. The van der Waals surface area contributed by atoms with Crippen LogP contribution >= 0.6 is 0 Å². The van der Waals surface area contributed by atoms with E-state index in [4.69, 9.17) is 14.0 Å². The molecule has 0 amide bonds. The summed E-state index contributed by atoms with van der Waals surface area (Å²) in [5, 5.41) is 0. The maximum atomic E-state index is 7.50. The summed E-state index contributed by atoms with van der Waals surface area (Å²) >= 11 is 0. The molecule has 0 fully saturated rings. The minimum absolute atomic E-state index is 0. The van der Waals surface area contributed by atoms with E-state index in [1.165, 1.54) is 0 Å². The molecule has 0 heterocycles. The molecule has 0 saturated carbocycles. The van der Waals surface area contributed by atoms with Gasteiger partial charge in [0.25, 0.3) is 0 Å². The number of thiol groups is 1. The summed E-state index contributed by atoms with van der Waals surface area (Å²) in [7, 11) is 0. The number of allylic oxidation sites excluding steroid dienone is 4. The summed E-state index contributed by atoms with van der Waals surface area (Å²) in [6.07, 6.45) is 10.0. The summed E-state index contributed by atoms with van der Waals surface area (Å²) in [5.41, 5.74) is 0. The van der Waals surface area contributed by atoms with Crippen molar-refractivity contribution in [1.29, 1.82) is 0 Å². The zero-order valence-corrected chi connectivity index (χ0v) is 10.3. The van der Waals surface area contributed by atoms with Gasteiger partial charge in [0.1, 0.15) is 0 Å². The fourth-order valence-electron chi connectivity index (χ4n) is 0.321. The average Bonchev–Trinajstić information content (AvgIpc) is 2.71. The molecule has 13 heavy (non-hydrogen) atoms. The molecule has 0 saturated heterocycles. The molecule has 0 atom stereocenters. The van der Waals surface area contributed by atoms with Gasteiger partial charge in [-0.05, 0) is 0 Å². The molecule has 0 spiro atoms. The Bertz CT molecular complexity index is 146. The summed E-state index contributed by atoms with van der Waals surface area (Å²) < 4.78 is 22.5. The Balaban J connectivity index is -0.0000000239. The first-order valence-corrected chi connectivity index (χ1v) is 2.28. The third-order valence-electron chi connectivity index (χ3n) is 0.556. The third kappa shape index (κ3) is 49.6. The van der Waals surface area contributed by atoms with Crippen LogP contribution in [-0.4, -0.2) is 0 Å². The van der Waals surface area contributed by atoms with Crippen LogP contribution in [0.3, 0.4) is 0 Å². The molecule has 0 bridgehead atoms. The maximum Gasteiger partial charge on any atom is 0.00506 e. The fourth-order valence-corrected chi connectivity index (χ4v) is 0.321. The summed E-state index contributed by atoms with van der Waals surface area (Å²) in [5.74, 6) is 0. The second-order valence-electron chi connectivity index (χ2n) is 0.962. The molecule has 1 rings (SSSR count). The van der Waals surface area contributed by atoms with Gasteiger partial charge in [-0.15, -0.1) is 0 Å². The van der Waals surface area contributed by atoms with Crippen LogP contribution in [0.2, 0.25) is 0 Å². The van der Waals surface area contributed by atoms with E-state index in [0.717, 1.165) is 0 Å². The first-order chi connectivity index (χ1) is 5.50. The van der Waals surface area contributed by atoms with Crippen LogP contribution in [-0.2, 0) is 48.5 Å². The van der Waals surface area contributed by atoms with Crippen molar-refractivity contribution in [2.75, 3.05) is 0 Å². The predicted molar refractivity (Wildman–Crippen MR) is 43.1 cm³/mol. The van der Waals surface area contributed by atoms with Gasteiger partial charge in [0.15, 0.2) is 0 Å². The van der Waals surface area contributed by atoms with Gasteiger partial charge in [0.2, 0.25) is 0 Å². The van der Waals surface area contributed by atoms with Gasteiger partial charge in [-0.25, -0.2) is 0 Å². The van der Waals surface area contributed by atoms with E-state index in [1.54, 1.807) is 0 Å². The van der Waals surface area contributed by atoms with Gasteiger partial charge in [-0.2, -0.15) is 0 Å². The second-order valence-corrected chi connectivity index (χ2v) is 0.962. The predicted octanol–water partition coefficient (Wildman–Crippen LogP) is 0.932. The molecule has 0 aliphatic heterocycles. The molecule has 69 valence electrons. The fraction of sp³-hybridized carbons (Fsp3) is 0. The quantitative estimate of drug-likeness (QED) is 0.272. The van der Waals surface area contributed by atoms with Gasteiger partial charge in [0, 0.05) is 27.5 Å². The van der Waals surface area contributed by atoms with E-state index in [1.807, 2.05) is 30.7 Å². The largest absolute Gasteiger partial charge is 0.813 e. The van der Waals surface area contributed by atoms with Gasteiger partial charge in [0.05, 0.1) is 0 Å². The van der Waals surface area contributed by atoms with Gasteiger partial charge in [-0.1, -0.05) is 24.3 Å². The van der Waals surface area contributed by atoms with E-state index >= 15 is 0 Å². The minimum Gasteiger partial charge on any atom is -0.813 e. The maximum absolute atomic E-state index is 7.50. The topological polar surface area (TPSA) is 59.7 Å². The standard InChI is InChI=1S/C5H5.3CO.H2S.W/c1-2-4-5-3-1;3*1-2;;/h1-5H;;;;1H2;/p-1. The van der Waals surface area contributed by atoms with Crippen molar-refractivity contribution in [1.82, 2.24) is 0 Å². The first-order valence-electron chi connectivity index (χ1n) is 2.28.